The Morgan fingerprint density at radius 1 is 1.13 bits per heavy atom. The van der Waals surface area contributed by atoms with Crippen LogP contribution >= 0.6 is 0 Å². The van der Waals surface area contributed by atoms with Crippen LogP contribution in [0, 0.1) is 5.82 Å². The van der Waals surface area contributed by atoms with Crippen molar-refractivity contribution in [3.8, 4) is 0 Å². The molecule has 7 nitrogen and oxygen atoms in total. The molecule has 2 heterocycles. The minimum Gasteiger partial charge on any atom is -0.394 e. The van der Waals surface area contributed by atoms with Gasteiger partial charge in [0.05, 0.1) is 25.2 Å². The SMILES string of the molecule is O=C(C[C@H]1CC[C@H](NC(=O)c2ccc(F)cc2)[C@H](CO)O1)NCCc1ccncc1. The van der Waals surface area contributed by atoms with E-state index in [1.165, 1.54) is 24.3 Å². The van der Waals surface area contributed by atoms with Gasteiger partial charge in [0.25, 0.3) is 5.91 Å². The number of nitrogens with zero attached hydrogens (tertiary/aromatic N) is 1. The van der Waals surface area contributed by atoms with Crippen molar-refractivity contribution in [2.24, 2.45) is 0 Å². The smallest absolute Gasteiger partial charge is 0.251 e. The molecule has 1 aromatic heterocycles. The second-order valence-corrected chi connectivity index (χ2v) is 7.30. The highest BCUT2D eigenvalue weighted by Gasteiger charge is 2.33. The van der Waals surface area contributed by atoms with E-state index in [4.69, 9.17) is 4.74 Å². The molecule has 1 aliphatic heterocycles. The third-order valence-corrected chi connectivity index (χ3v) is 5.12. The van der Waals surface area contributed by atoms with Gasteiger partial charge < -0.3 is 20.5 Å². The highest BCUT2D eigenvalue weighted by atomic mass is 19.1. The van der Waals surface area contributed by atoms with E-state index in [2.05, 4.69) is 15.6 Å². The van der Waals surface area contributed by atoms with E-state index < -0.39 is 11.9 Å². The molecule has 1 saturated heterocycles. The van der Waals surface area contributed by atoms with Crippen molar-refractivity contribution >= 4 is 11.8 Å². The van der Waals surface area contributed by atoms with Crippen LogP contribution in [0.3, 0.4) is 0 Å². The molecule has 1 aromatic carbocycles. The lowest BCUT2D eigenvalue weighted by atomic mass is 9.96. The van der Waals surface area contributed by atoms with Gasteiger partial charge in [0.1, 0.15) is 11.9 Å². The number of rotatable bonds is 8. The summed E-state index contributed by atoms with van der Waals surface area (Å²) in [4.78, 5) is 28.5. The van der Waals surface area contributed by atoms with E-state index in [1.54, 1.807) is 12.4 Å². The first-order valence-corrected chi connectivity index (χ1v) is 10.0. The fraction of sp³-hybridized carbons (Fsp3) is 0.409. The Balaban J connectivity index is 1.43. The van der Waals surface area contributed by atoms with Crippen LogP contribution in [-0.4, -0.2) is 53.3 Å². The quantitative estimate of drug-likeness (QED) is 0.608. The predicted octanol–water partition coefficient (Wildman–Crippen LogP) is 1.61. The molecule has 160 valence electrons. The Kier molecular flexibility index (Phi) is 7.87. The van der Waals surface area contributed by atoms with Crippen molar-refractivity contribution in [2.75, 3.05) is 13.2 Å². The minimum absolute atomic E-state index is 0.112. The van der Waals surface area contributed by atoms with Crippen molar-refractivity contribution in [2.45, 2.75) is 43.9 Å². The summed E-state index contributed by atoms with van der Waals surface area (Å²) in [6.45, 7) is 0.254. The van der Waals surface area contributed by atoms with Gasteiger partial charge in [-0.05, 0) is 61.2 Å². The molecule has 2 amide bonds. The van der Waals surface area contributed by atoms with E-state index >= 15 is 0 Å². The number of ether oxygens (including phenoxy) is 1. The topological polar surface area (TPSA) is 101 Å². The molecule has 2 aromatic rings. The third kappa shape index (κ3) is 6.33. The number of pyridine rings is 1. The lowest BCUT2D eigenvalue weighted by Crippen LogP contribution is -2.51. The fourth-order valence-electron chi connectivity index (χ4n) is 3.47. The first-order chi connectivity index (χ1) is 14.5. The summed E-state index contributed by atoms with van der Waals surface area (Å²) in [5, 5.41) is 15.4. The molecule has 0 spiro atoms. The Bertz CT molecular complexity index is 832. The van der Waals surface area contributed by atoms with Gasteiger partial charge in [-0.1, -0.05) is 0 Å². The standard InChI is InChI=1S/C22H26FN3O4/c23-17-3-1-16(2-4-17)22(29)26-19-6-5-18(30-20(19)14-27)13-21(28)25-12-9-15-7-10-24-11-8-15/h1-4,7-8,10-11,18-20,27H,5-6,9,12-14H2,(H,25,28)(H,26,29)/t18-,19+,20+/m1/s1. The second kappa shape index (κ2) is 10.8. The summed E-state index contributed by atoms with van der Waals surface area (Å²) in [6, 6.07) is 8.69. The summed E-state index contributed by atoms with van der Waals surface area (Å²) in [7, 11) is 0. The maximum absolute atomic E-state index is 13.0. The van der Waals surface area contributed by atoms with Crippen molar-refractivity contribution in [3.05, 3.63) is 65.7 Å². The first-order valence-electron chi connectivity index (χ1n) is 10.0. The minimum atomic E-state index is -0.599. The average Bonchev–Trinajstić information content (AvgIpc) is 2.76. The van der Waals surface area contributed by atoms with Crippen molar-refractivity contribution < 1.29 is 23.8 Å². The molecule has 3 N–H and O–H groups in total. The number of aromatic nitrogens is 1. The molecule has 0 aliphatic carbocycles. The van der Waals surface area contributed by atoms with Gasteiger partial charge in [-0.15, -0.1) is 0 Å². The maximum Gasteiger partial charge on any atom is 0.251 e. The Hall–Kier alpha value is -2.84. The van der Waals surface area contributed by atoms with Crippen LogP contribution in [0.15, 0.2) is 48.8 Å². The van der Waals surface area contributed by atoms with Gasteiger partial charge >= 0.3 is 0 Å². The van der Waals surface area contributed by atoms with Gasteiger partial charge in [0, 0.05) is 24.5 Å². The number of hydrogen-bond donors (Lipinski definition) is 3. The van der Waals surface area contributed by atoms with Gasteiger partial charge in [-0.3, -0.25) is 14.6 Å². The summed E-state index contributed by atoms with van der Waals surface area (Å²) in [5.41, 5.74) is 1.43. The van der Waals surface area contributed by atoms with Gasteiger partial charge in [0.15, 0.2) is 0 Å². The molecule has 1 aliphatic rings. The van der Waals surface area contributed by atoms with E-state index in [1.807, 2.05) is 12.1 Å². The van der Waals surface area contributed by atoms with Gasteiger partial charge in [-0.25, -0.2) is 4.39 Å². The Morgan fingerprint density at radius 2 is 1.87 bits per heavy atom. The van der Waals surface area contributed by atoms with Crippen molar-refractivity contribution in [1.82, 2.24) is 15.6 Å². The van der Waals surface area contributed by atoms with Crippen LogP contribution in [0.4, 0.5) is 4.39 Å². The number of amides is 2. The number of nitrogens with one attached hydrogen (secondary N) is 2. The van der Waals surface area contributed by atoms with Crippen LogP contribution in [0.2, 0.25) is 0 Å². The second-order valence-electron chi connectivity index (χ2n) is 7.30. The number of halogens is 1. The van der Waals surface area contributed by atoms with Crippen molar-refractivity contribution in [1.29, 1.82) is 0 Å². The molecule has 0 unspecified atom stereocenters. The number of carbonyl (C=O) groups excluding carboxylic acids is 2. The largest absolute Gasteiger partial charge is 0.394 e. The maximum atomic E-state index is 13.0. The van der Waals surface area contributed by atoms with E-state index in [0.717, 1.165) is 12.0 Å². The van der Waals surface area contributed by atoms with Crippen LogP contribution in [-0.2, 0) is 16.0 Å². The average molecular weight is 415 g/mol. The van der Waals surface area contributed by atoms with Crippen LogP contribution in [0.1, 0.15) is 35.2 Å². The molecular formula is C22H26FN3O4. The predicted molar refractivity (Wildman–Crippen MR) is 108 cm³/mol. The molecule has 3 atom stereocenters. The molecule has 0 bridgehead atoms. The molecule has 30 heavy (non-hydrogen) atoms. The summed E-state index contributed by atoms with van der Waals surface area (Å²) in [5.74, 6) is -0.878. The normalized spacial score (nSPS) is 21.1. The molecular weight excluding hydrogens is 389 g/mol. The van der Waals surface area contributed by atoms with E-state index in [9.17, 15) is 19.1 Å². The highest BCUT2D eigenvalue weighted by Crippen LogP contribution is 2.22. The first kappa shape index (κ1) is 21.9. The number of carbonyl (C=O) groups is 2. The molecule has 8 heteroatoms. The molecule has 3 rings (SSSR count). The van der Waals surface area contributed by atoms with E-state index in [-0.39, 0.29) is 37.0 Å². The highest BCUT2D eigenvalue weighted by molar-refractivity contribution is 5.94. The Morgan fingerprint density at radius 3 is 2.57 bits per heavy atom. The monoisotopic (exact) mass is 415 g/mol. The van der Waals surface area contributed by atoms with E-state index in [0.29, 0.717) is 24.9 Å². The zero-order chi connectivity index (χ0) is 21.3. The number of benzene rings is 1. The summed E-state index contributed by atoms with van der Waals surface area (Å²) in [6.07, 6.45) is 4.60. The molecule has 1 fully saturated rings. The lowest BCUT2D eigenvalue weighted by molar-refractivity contribution is -0.130. The van der Waals surface area contributed by atoms with Crippen LogP contribution in [0.25, 0.3) is 0 Å². The Labute approximate surface area is 174 Å². The van der Waals surface area contributed by atoms with Gasteiger partial charge in [0.2, 0.25) is 5.91 Å². The fourth-order valence-corrected chi connectivity index (χ4v) is 3.47. The van der Waals surface area contributed by atoms with Crippen molar-refractivity contribution in [3.63, 3.8) is 0 Å². The third-order valence-electron chi connectivity index (χ3n) is 5.12. The van der Waals surface area contributed by atoms with Gasteiger partial charge in [-0.2, -0.15) is 0 Å². The zero-order valence-electron chi connectivity index (χ0n) is 16.6. The summed E-state index contributed by atoms with van der Waals surface area (Å²) >= 11 is 0. The lowest BCUT2D eigenvalue weighted by Gasteiger charge is -2.36. The summed E-state index contributed by atoms with van der Waals surface area (Å²) < 4.78 is 18.9. The molecule has 0 radical (unpaired) electrons. The number of hydrogen-bond acceptors (Lipinski definition) is 5. The van der Waals surface area contributed by atoms with Crippen LogP contribution in [0.5, 0.6) is 0 Å². The zero-order valence-corrected chi connectivity index (χ0v) is 16.6. The van der Waals surface area contributed by atoms with Crippen LogP contribution < -0.4 is 10.6 Å². The number of aliphatic hydroxyl groups is 1. The number of aliphatic hydroxyl groups excluding tert-OH is 1. The molecule has 0 saturated carbocycles.